The molecule has 2 aliphatic rings. The van der Waals surface area contributed by atoms with Crippen molar-refractivity contribution in [1.29, 1.82) is 0 Å². The van der Waals surface area contributed by atoms with E-state index < -0.39 is 4.92 Å². The third-order valence-corrected chi connectivity index (χ3v) is 5.58. The molecule has 0 spiro atoms. The number of nitro benzene ring substituents is 1. The number of amides is 2. The van der Waals surface area contributed by atoms with Crippen LogP contribution >= 0.6 is 0 Å². The molecule has 2 heterocycles. The maximum absolute atomic E-state index is 12.6. The highest BCUT2D eigenvalue weighted by Gasteiger charge is 2.27. The average molecular weight is 389 g/mol. The summed E-state index contributed by atoms with van der Waals surface area (Å²) in [4.78, 5) is 38.9. The molecule has 0 bridgehead atoms. The number of carbonyl (C=O) groups is 2. The summed E-state index contributed by atoms with van der Waals surface area (Å²) < 4.78 is 0. The average Bonchev–Trinajstić information content (AvgIpc) is 2.69. The molecule has 28 heavy (non-hydrogen) atoms. The Morgan fingerprint density at radius 1 is 1.25 bits per heavy atom. The number of piperazine rings is 1. The van der Waals surface area contributed by atoms with Crippen molar-refractivity contribution in [3.8, 4) is 0 Å². The minimum absolute atomic E-state index is 0.00704. The normalized spacial score (nSPS) is 22.6. The van der Waals surface area contributed by atoms with Crippen LogP contribution in [0.15, 0.2) is 18.2 Å². The predicted molar refractivity (Wildman–Crippen MR) is 106 cm³/mol. The molecular weight excluding hydrogens is 362 g/mol. The Balaban J connectivity index is 1.75. The number of piperidine rings is 1. The molecule has 2 atom stereocenters. The molecule has 1 aromatic carbocycles. The monoisotopic (exact) mass is 389 g/mol. The third-order valence-electron chi connectivity index (χ3n) is 5.58. The number of rotatable bonds is 4. The Bertz CT molecular complexity index is 761. The molecule has 2 unspecified atom stereocenters. The van der Waals surface area contributed by atoms with Gasteiger partial charge >= 0.3 is 0 Å². The van der Waals surface area contributed by atoms with Gasteiger partial charge in [-0.1, -0.05) is 0 Å². The van der Waals surface area contributed by atoms with E-state index in [-0.39, 0.29) is 35.1 Å². The summed E-state index contributed by atoms with van der Waals surface area (Å²) in [6, 6.07) is 4.81. The minimum atomic E-state index is -0.450. The zero-order valence-electron chi connectivity index (χ0n) is 16.3. The van der Waals surface area contributed by atoms with E-state index in [4.69, 9.17) is 0 Å². The number of benzene rings is 1. The second kappa shape index (κ2) is 8.55. The molecular formula is C19H27N5O4. The van der Waals surface area contributed by atoms with Crippen LogP contribution in [0.2, 0.25) is 0 Å². The summed E-state index contributed by atoms with van der Waals surface area (Å²) in [5, 5.41) is 17.9. The summed E-state index contributed by atoms with van der Waals surface area (Å²) in [5.41, 5.74) is 0.687. The number of carbonyl (C=O) groups excluding carboxylic acids is 2. The Labute approximate surface area is 164 Å². The molecule has 9 nitrogen and oxygen atoms in total. The Hall–Kier alpha value is -2.68. The summed E-state index contributed by atoms with van der Waals surface area (Å²) in [5.74, 6) is -0.288. The van der Waals surface area contributed by atoms with E-state index in [0.717, 1.165) is 19.4 Å². The van der Waals surface area contributed by atoms with Gasteiger partial charge in [-0.15, -0.1) is 0 Å². The van der Waals surface area contributed by atoms with Crippen molar-refractivity contribution in [1.82, 2.24) is 15.5 Å². The highest BCUT2D eigenvalue weighted by atomic mass is 16.6. The fourth-order valence-corrected chi connectivity index (χ4v) is 3.83. The lowest BCUT2D eigenvalue weighted by atomic mass is 9.99. The number of anilines is 1. The molecule has 2 aliphatic heterocycles. The SMILES string of the molecule is CC(=O)N1CCN(c2ccc(C(=O)NC3CCCNC3C)cc2[N+](=O)[O-])CC1. The van der Waals surface area contributed by atoms with Gasteiger partial charge in [0.25, 0.3) is 11.6 Å². The zero-order chi connectivity index (χ0) is 20.3. The lowest BCUT2D eigenvalue weighted by Crippen LogP contribution is -2.51. The van der Waals surface area contributed by atoms with Crippen molar-refractivity contribution in [3.05, 3.63) is 33.9 Å². The maximum Gasteiger partial charge on any atom is 0.293 e. The molecule has 2 N–H and O–H groups in total. The highest BCUT2D eigenvalue weighted by Crippen LogP contribution is 2.30. The number of nitrogens with zero attached hydrogens (tertiary/aromatic N) is 3. The van der Waals surface area contributed by atoms with Crippen LogP contribution in [0.3, 0.4) is 0 Å². The van der Waals surface area contributed by atoms with Crippen molar-refractivity contribution in [3.63, 3.8) is 0 Å². The number of hydrogen-bond donors (Lipinski definition) is 2. The first-order valence-electron chi connectivity index (χ1n) is 9.70. The van der Waals surface area contributed by atoms with Gasteiger partial charge < -0.3 is 20.4 Å². The standard InChI is InChI=1S/C19H27N5O4/c1-13-16(4-3-7-20-13)21-19(26)15-5-6-17(18(12-15)24(27)28)23-10-8-22(9-11-23)14(2)25/h5-6,12-13,16,20H,3-4,7-11H2,1-2H3,(H,21,26). The van der Waals surface area contributed by atoms with Gasteiger partial charge in [0.1, 0.15) is 5.69 Å². The van der Waals surface area contributed by atoms with Gasteiger partial charge in [0, 0.05) is 56.8 Å². The van der Waals surface area contributed by atoms with E-state index >= 15 is 0 Å². The van der Waals surface area contributed by atoms with E-state index in [1.165, 1.54) is 13.0 Å². The van der Waals surface area contributed by atoms with Gasteiger partial charge in [-0.25, -0.2) is 0 Å². The van der Waals surface area contributed by atoms with Crippen molar-refractivity contribution in [2.24, 2.45) is 0 Å². The van der Waals surface area contributed by atoms with Crippen LogP contribution in [-0.4, -0.2) is 66.4 Å². The predicted octanol–water partition coefficient (Wildman–Crippen LogP) is 1.13. The quantitative estimate of drug-likeness (QED) is 0.590. The van der Waals surface area contributed by atoms with E-state index in [9.17, 15) is 19.7 Å². The third kappa shape index (κ3) is 4.41. The minimum Gasteiger partial charge on any atom is -0.362 e. The zero-order valence-corrected chi connectivity index (χ0v) is 16.3. The molecule has 0 radical (unpaired) electrons. The lowest BCUT2D eigenvalue weighted by molar-refractivity contribution is -0.384. The van der Waals surface area contributed by atoms with Crippen LogP contribution in [0.4, 0.5) is 11.4 Å². The fourth-order valence-electron chi connectivity index (χ4n) is 3.83. The lowest BCUT2D eigenvalue weighted by Gasteiger charge is -2.35. The largest absolute Gasteiger partial charge is 0.362 e. The van der Waals surface area contributed by atoms with Crippen LogP contribution < -0.4 is 15.5 Å². The summed E-state index contributed by atoms with van der Waals surface area (Å²) >= 11 is 0. The van der Waals surface area contributed by atoms with Crippen LogP contribution in [0.5, 0.6) is 0 Å². The van der Waals surface area contributed by atoms with E-state index in [1.54, 1.807) is 17.0 Å². The molecule has 0 saturated carbocycles. The second-order valence-corrected chi connectivity index (χ2v) is 7.42. The van der Waals surface area contributed by atoms with E-state index in [0.29, 0.717) is 31.9 Å². The van der Waals surface area contributed by atoms with Crippen LogP contribution in [-0.2, 0) is 4.79 Å². The summed E-state index contributed by atoms with van der Waals surface area (Å²) in [7, 11) is 0. The first-order chi connectivity index (χ1) is 13.4. The number of nitrogens with one attached hydrogen (secondary N) is 2. The maximum atomic E-state index is 12.6. The molecule has 0 aromatic heterocycles. The van der Waals surface area contributed by atoms with E-state index in [2.05, 4.69) is 10.6 Å². The van der Waals surface area contributed by atoms with E-state index in [1.807, 2.05) is 11.8 Å². The van der Waals surface area contributed by atoms with Gasteiger partial charge in [-0.05, 0) is 38.4 Å². The first-order valence-corrected chi connectivity index (χ1v) is 9.70. The molecule has 2 amide bonds. The Morgan fingerprint density at radius 2 is 1.96 bits per heavy atom. The molecule has 0 aliphatic carbocycles. The molecule has 3 rings (SSSR count). The highest BCUT2D eigenvalue weighted by molar-refractivity contribution is 5.96. The molecule has 1 aromatic rings. The van der Waals surface area contributed by atoms with Crippen LogP contribution in [0.25, 0.3) is 0 Å². The Kier molecular flexibility index (Phi) is 6.13. The van der Waals surface area contributed by atoms with Gasteiger partial charge in [-0.2, -0.15) is 0 Å². The van der Waals surface area contributed by atoms with Gasteiger partial charge in [0.05, 0.1) is 4.92 Å². The van der Waals surface area contributed by atoms with Crippen molar-refractivity contribution >= 4 is 23.2 Å². The molecule has 152 valence electrons. The molecule has 2 saturated heterocycles. The molecule has 2 fully saturated rings. The smallest absolute Gasteiger partial charge is 0.293 e. The molecule has 9 heteroatoms. The number of hydrogen-bond acceptors (Lipinski definition) is 6. The fraction of sp³-hybridized carbons (Fsp3) is 0.579. The van der Waals surface area contributed by atoms with Crippen molar-refractivity contribution in [2.45, 2.75) is 38.8 Å². The van der Waals surface area contributed by atoms with Gasteiger partial charge in [0.2, 0.25) is 5.91 Å². The summed E-state index contributed by atoms with van der Waals surface area (Å²) in [6.07, 6.45) is 1.88. The van der Waals surface area contributed by atoms with Crippen LogP contribution in [0, 0.1) is 10.1 Å². The first kappa shape index (κ1) is 20.1. The second-order valence-electron chi connectivity index (χ2n) is 7.42. The van der Waals surface area contributed by atoms with Crippen molar-refractivity contribution in [2.75, 3.05) is 37.6 Å². The van der Waals surface area contributed by atoms with Crippen molar-refractivity contribution < 1.29 is 14.5 Å². The Morgan fingerprint density at radius 3 is 2.57 bits per heavy atom. The van der Waals surface area contributed by atoms with Crippen LogP contribution in [0.1, 0.15) is 37.0 Å². The topological polar surface area (TPSA) is 108 Å². The number of nitro groups is 1. The summed E-state index contributed by atoms with van der Waals surface area (Å²) in [6.45, 7) is 6.59. The van der Waals surface area contributed by atoms with Gasteiger partial charge in [-0.3, -0.25) is 19.7 Å². The van der Waals surface area contributed by atoms with Gasteiger partial charge in [0.15, 0.2) is 0 Å².